The summed E-state index contributed by atoms with van der Waals surface area (Å²) in [4.78, 5) is 0.136. The molecule has 0 amide bonds. The van der Waals surface area contributed by atoms with Crippen molar-refractivity contribution in [2.75, 3.05) is 7.11 Å². The third-order valence-corrected chi connectivity index (χ3v) is 8.73. The Morgan fingerprint density at radius 3 is 1.71 bits per heavy atom. The standard InChI is InChI=1S/C25H25NO4S/c1-24-18-8-4-6-10-20(18)25(2,21-11-7-5-9-19(21)24)23(27)22(24)26-31(28,29)17-14-12-16(30-3)13-15-17/h4-15,22-23,26-27H,1-3H3. The highest BCUT2D eigenvalue weighted by molar-refractivity contribution is 7.89. The molecule has 6 rings (SSSR count). The summed E-state index contributed by atoms with van der Waals surface area (Å²) in [5.74, 6) is 0.582. The molecule has 160 valence electrons. The highest BCUT2D eigenvalue weighted by Crippen LogP contribution is 2.59. The van der Waals surface area contributed by atoms with E-state index in [2.05, 4.69) is 4.72 Å². The van der Waals surface area contributed by atoms with Gasteiger partial charge in [0.25, 0.3) is 0 Å². The summed E-state index contributed by atoms with van der Waals surface area (Å²) in [6.45, 7) is 4.02. The number of methoxy groups -OCH3 is 1. The molecule has 0 fully saturated rings. The molecule has 0 heterocycles. The maximum absolute atomic E-state index is 13.3. The first-order valence-corrected chi connectivity index (χ1v) is 11.8. The molecule has 2 atom stereocenters. The van der Waals surface area contributed by atoms with Gasteiger partial charge in [-0.1, -0.05) is 48.5 Å². The third kappa shape index (κ3) is 2.59. The van der Waals surface area contributed by atoms with Gasteiger partial charge in [0.1, 0.15) is 5.75 Å². The molecule has 0 aromatic heterocycles. The Balaban J connectivity index is 1.68. The zero-order valence-corrected chi connectivity index (χ0v) is 18.5. The molecular weight excluding hydrogens is 410 g/mol. The molecule has 3 aliphatic carbocycles. The Morgan fingerprint density at radius 2 is 1.26 bits per heavy atom. The third-order valence-electron chi connectivity index (χ3n) is 7.27. The highest BCUT2D eigenvalue weighted by Gasteiger charge is 2.62. The van der Waals surface area contributed by atoms with Crippen LogP contribution in [0.15, 0.2) is 77.7 Å². The zero-order chi connectivity index (χ0) is 22.0. The van der Waals surface area contributed by atoms with Gasteiger partial charge in [-0.25, -0.2) is 13.1 Å². The van der Waals surface area contributed by atoms with E-state index in [1.165, 1.54) is 19.2 Å². The van der Waals surface area contributed by atoms with Gasteiger partial charge in [-0.3, -0.25) is 0 Å². The lowest BCUT2D eigenvalue weighted by molar-refractivity contribution is 0.0302. The Bertz CT molecular complexity index is 1220. The van der Waals surface area contributed by atoms with Gasteiger partial charge in [-0.05, 0) is 60.4 Å². The number of fused-ring (bicyclic) bond motifs is 1. The van der Waals surface area contributed by atoms with E-state index in [1.54, 1.807) is 12.1 Å². The smallest absolute Gasteiger partial charge is 0.240 e. The first-order chi connectivity index (χ1) is 14.7. The van der Waals surface area contributed by atoms with Crippen LogP contribution in [0.3, 0.4) is 0 Å². The van der Waals surface area contributed by atoms with Crippen LogP contribution in [0, 0.1) is 0 Å². The van der Waals surface area contributed by atoms with Crippen molar-refractivity contribution in [2.45, 2.75) is 41.7 Å². The molecule has 2 unspecified atom stereocenters. The SMILES string of the molecule is COc1ccc(S(=O)(=O)NC2C(O)C3(C)c4ccccc4C2(C)c2ccccc23)cc1. The van der Waals surface area contributed by atoms with Crippen molar-refractivity contribution in [3.63, 3.8) is 0 Å². The van der Waals surface area contributed by atoms with Crippen molar-refractivity contribution in [3.05, 3.63) is 95.1 Å². The number of rotatable bonds is 4. The molecular formula is C25H25NO4S. The predicted octanol–water partition coefficient (Wildman–Crippen LogP) is 3.34. The lowest BCUT2D eigenvalue weighted by Crippen LogP contribution is -2.69. The van der Waals surface area contributed by atoms with E-state index in [1.807, 2.05) is 62.4 Å². The second-order valence-corrected chi connectivity index (χ2v) is 10.4. The molecule has 3 aromatic carbocycles. The number of hydrogen-bond donors (Lipinski definition) is 2. The molecule has 0 aliphatic heterocycles. The average molecular weight is 436 g/mol. The van der Waals surface area contributed by atoms with Crippen molar-refractivity contribution in [3.8, 4) is 5.75 Å². The van der Waals surface area contributed by atoms with E-state index >= 15 is 0 Å². The fraction of sp³-hybridized carbons (Fsp3) is 0.280. The highest BCUT2D eigenvalue weighted by atomic mass is 32.2. The Labute approximate surface area is 182 Å². The summed E-state index contributed by atoms with van der Waals surface area (Å²) in [6.07, 6.45) is -0.935. The zero-order valence-electron chi connectivity index (χ0n) is 17.7. The molecule has 0 saturated heterocycles. The summed E-state index contributed by atoms with van der Waals surface area (Å²) in [5, 5.41) is 11.6. The van der Waals surface area contributed by atoms with Crippen LogP contribution >= 0.6 is 0 Å². The van der Waals surface area contributed by atoms with Gasteiger partial charge in [0, 0.05) is 10.8 Å². The monoisotopic (exact) mass is 435 g/mol. The first kappa shape index (κ1) is 20.2. The normalized spacial score (nSPS) is 28.6. The molecule has 31 heavy (non-hydrogen) atoms. The van der Waals surface area contributed by atoms with Crippen LogP contribution in [0.4, 0.5) is 0 Å². The van der Waals surface area contributed by atoms with E-state index in [4.69, 9.17) is 4.74 Å². The lowest BCUT2D eigenvalue weighted by Gasteiger charge is -2.59. The van der Waals surface area contributed by atoms with Gasteiger partial charge in [-0.2, -0.15) is 0 Å². The largest absolute Gasteiger partial charge is 0.497 e. The quantitative estimate of drug-likeness (QED) is 0.659. The molecule has 0 radical (unpaired) electrons. The second kappa shape index (κ2) is 6.66. The number of ether oxygens (including phenoxy) is 1. The fourth-order valence-corrected chi connectivity index (χ4v) is 6.87. The first-order valence-electron chi connectivity index (χ1n) is 10.3. The molecule has 3 aromatic rings. The van der Waals surface area contributed by atoms with Crippen LogP contribution in [0.1, 0.15) is 36.1 Å². The van der Waals surface area contributed by atoms with E-state index in [0.717, 1.165) is 22.3 Å². The van der Waals surface area contributed by atoms with Crippen LogP contribution in [-0.2, 0) is 20.9 Å². The number of benzene rings is 3. The Morgan fingerprint density at radius 1 is 0.806 bits per heavy atom. The second-order valence-electron chi connectivity index (χ2n) is 8.72. The molecule has 2 bridgehead atoms. The van der Waals surface area contributed by atoms with Gasteiger partial charge in [-0.15, -0.1) is 0 Å². The van der Waals surface area contributed by atoms with Gasteiger partial charge in [0.2, 0.25) is 10.0 Å². The molecule has 6 heteroatoms. The van der Waals surface area contributed by atoms with E-state index < -0.39 is 33.0 Å². The van der Waals surface area contributed by atoms with Crippen LogP contribution in [0.25, 0.3) is 0 Å². The van der Waals surface area contributed by atoms with E-state index in [-0.39, 0.29) is 4.90 Å². The number of sulfonamides is 1. The summed E-state index contributed by atoms with van der Waals surface area (Å²) >= 11 is 0. The number of hydrogen-bond acceptors (Lipinski definition) is 4. The molecule has 3 aliphatic rings. The summed E-state index contributed by atoms with van der Waals surface area (Å²) in [6, 6.07) is 21.6. The maximum Gasteiger partial charge on any atom is 0.240 e. The fourth-order valence-electron chi connectivity index (χ4n) is 5.54. The van der Waals surface area contributed by atoms with E-state index in [0.29, 0.717) is 5.75 Å². The minimum absolute atomic E-state index is 0.136. The minimum Gasteiger partial charge on any atom is -0.497 e. The summed E-state index contributed by atoms with van der Waals surface area (Å²) < 4.78 is 34.7. The Kier molecular flexibility index (Phi) is 4.35. The van der Waals surface area contributed by atoms with Gasteiger partial charge < -0.3 is 9.84 Å². The topological polar surface area (TPSA) is 75.6 Å². The number of aliphatic hydroxyl groups is 1. The van der Waals surface area contributed by atoms with Gasteiger partial charge >= 0.3 is 0 Å². The Hall–Kier alpha value is -2.67. The molecule has 0 saturated carbocycles. The van der Waals surface area contributed by atoms with Crippen LogP contribution in [-0.4, -0.2) is 32.8 Å². The predicted molar refractivity (Wildman–Crippen MR) is 119 cm³/mol. The lowest BCUT2D eigenvalue weighted by atomic mass is 9.47. The summed E-state index contributed by atoms with van der Waals surface area (Å²) in [7, 11) is -2.34. The van der Waals surface area contributed by atoms with Crippen molar-refractivity contribution >= 4 is 10.0 Å². The molecule has 5 nitrogen and oxygen atoms in total. The van der Waals surface area contributed by atoms with E-state index in [9.17, 15) is 13.5 Å². The van der Waals surface area contributed by atoms with Crippen molar-refractivity contribution in [1.29, 1.82) is 0 Å². The maximum atomic E-state index is 13.3. The van der Waals surface area contributed by atoms with Crippen molar-refractivity contribution in [2.24, 2.45) is 0 Å². The van der Waals surface area contributed by atoms with Gasteiger partial charge in [0.05, 0.1) is 24.2 Å². The molecule has 0 spiro atoms. The van der Waals surface area contributed by atoms with Crippen LogP contribution < -0.4 is 9.46 Å². The molecule has 2 N–H and O–H groups in total. The van der Waals surface area contributed by atoms with Crippen molar-refractivity contribution < 1.29 is 18.3 Å². The average Bonchev–Trinajstić information content (AvgIpc) is 2.80. The minimum atomic E-state index is -3.88. The summed E-state index contributed by atoms with van der Waals surface area (Å²) in [5.41, 5.74) is 2.74. The number of aliphatic hydroxyl groups excluding tert-OH is 1. The van der Waals surface area contributed by atoms with Gasteiger partial charge in [0.15, 0.2) is 0 Å². The van der Waals surface area contributed by atoms with Crippen LogP contribution in [0.2, 0.25) is 0 Å². The van der Waals surface area contributed by atoms with Crippen molar-refractivity contribution in [1.82, 2.24) is 4.72 Å². The number of nitrogens with one attached hydrogen (secondary N) is 1. The van der Waals surface area contributed by atoms with Crippen LogP contribution in [0.5, 0.6) is 5.75 Å².